The summed E-state index contributed by atoms with van der Waals surface area (Å²) in [4.78, 5) is 7.30. The molecule has 1 saturated carbocycles. The topological polar surface area (TPSA) is 48.9 Å². The average Bonchev–Trinajstić information content (AvgIpc) is 2.55. The molecule has 2 N–H and O–H groups in total. The van der Waals surface area contributed by atoms with Crippen LogP contribution in [-0.2, 0) is 4.74 Å². The molecule has 0 unspecified atom stereocenters. The van der Waals surface area contributed by atoms with Crippen molar-refractivity contribution in [3.05, 3.63) is 0 Å². The van der Waals surface area contributed by atoms with E-state index in [0.29, 0.717) is 11.5 Å². The maximum atomic E-state index is 5.56. The van der Waals surface area contributed by atoms with Crippen molar-refractivity contribution in [2.45, 2.75) is 70.9 Å². The van der Waals surface area contributed by atoms with E-state index >= 15 is 0 Å². The van der Waals surface area contributed by atoms with E-state index in [9.17, 15) is 0 Å². The van der Waals surface area contributed by atoms with Gasteiger partial charge >= 0.3 is 0 Å². The Balaban J connectivity index is 0.00000312. The maximum Gasteiger partial charge on any atom is 0.191 e. The third-order valence-electron chi connectivity index (χ3n) is 5.93. The second-order valence-corrected chi connectivity index (χ2v) is 8.51. The van der Waals surface area contributed by atoms with E-state index < -0.39 is 0 Å². The Morgan fingerprint density at radius 3 is 2.24 bits per heavy atom. The van der Waals surface area contributed by atoms with Crippen LogP contribution in [0.2, 0.25) is 0 Å². The van der Waals surface area contributed by atoms with Gasteiger partial charge in [-0.15, -0.1) is 24.0 Å². The third-order valence-corrected chi connectivity index (χ3v) is 5.93. The van der Waals surface area contributed by atoms with Crippen LogP contribution in [-0.4, -0.2) is 62.8 Å². The molecule has 0 aromatic heterocycles. The fraction of sp³-hybridized carbons (Fsp3) is 0.947. The molecule has 5 nitrogen and oxygen atoms in total. The molecule has 0 aromatic carbocycles. The first kappa shape index (κ1) is 23.0. The van der Waals surface area contributed by atoms with Crippen LogP contribution in [0.3, 0.4) is 0 Å². The van der Waals surface area contributed by atoms with Gasteiger partial charge in [-0.05, 0) is 65.0 Å². The van der Waals surface area contributed by atoms with Gasteiger partial charge in [0, 0.05) is 31.3 Å². The molecule has 1 aliphatic heterocycles. The molecule has 0 radical (unpaired) electrons. The average molecular weight is 466 g/mol. The van der Waals surface area contributed by atoms with Crippen molar-refractivity contribution in [2.24, 2.45) is 10.4 Å². The highest BCUT2D eigenvalue weighted by atomic mass is 127. The van der Waals surface area contributed by atoms with Crippen LogP contribution in [0, 0.1) is 5.41 Å². The number of nitrogens with zero attached hydrogens (tertiary/aromatic N) is 2. The first-order valence-corrected chi connectivity index (χ1v) is 9.67. The van der Waals surface area contributed by atoms with E-state index in [-0.39, 0.29) is 29.5 Å². The van der Waals surface area contributed by atoms with Crippen molar-refractivity contribution in [1.29, 1.82) is 0 Å². The van der Waals surface area contributed by atoms with Crippen LogP contribution in [0.25, 0.3) is 0 Å². The van der Waals surface area contributed by atoms with Gasteiger partial charge in [0.25, 0.3) is 0 Å². The molecule has 148 valence electrons. The van der Waals surface area contributed by atoms with Crippen molar-refractivity contribution in [3.63, 3.8) is 0 Å². The Hall–Kier alpha value is -0.0800. The highest BCUT2D eigenvalue weighted by Gasteiger charge is 2.35. The lowest BCUT2D eigenvalue weighted by Crippen LogP contribution is -2.52. The molecule has 25 heavy (non-hydrogen) atoms. The standard InChI is InChI=1S/C19H38N4O.HI/c1-6-20-17(22-16-7-9-18(2,3)10-8-16)21-15-19(23(4)5)11-13-24-14-12-19;/h16H,6-15H2,1-5H3,(H2,20,21,22);1H. The number of ether oxygens (including phenoxy) is 1. The zero-order chi connectivity index (χ0) is 17.6. The lowest BCUT2D eigenvalue weighted by molar-refractivity contribution is -0.00256. The van der Waals surface area contributed by atoms with E-state index in [1.54, 1.807) is 0 Å². The van der Waals surface area contributed by atoms with Gasteiger partial charge in [-0.25, -0.2) is 0 Å². The van der Waals surface area contributed by atoms with Gasteiger partial charge in [-0.2, -0.15) is 0 Å². The lowest BCUT2D eigenvalue weighted by Gasteiger charge is -2.42. The summed E-state index contributed by atoms with van der Waals surface area (Å²) in [5, 5.41) is 7.11. The summed E-state index contributed by atoms with van der Waals surface area (Å²) >= 11 is 0. The molecule has 0 spiro atoms. The first-order valence-electron chi connectivity index (χ1n) is 9.67. The Morgan fingerprint density at radius 1 is 1.12 bits per heavy atom. The van der Waals surface area contributed by atoms with E-state index in [2.05, 4.69) is 50.4 Å². The molecule has 0 amide bonds. The van der Waals surface area contributed by atoms with Crippen molar-refractivity contribution < 1.29 is 4.74 Å². The Labute approximate surface area is 171 Å². The van der Waals surface area contributed by atoms with Crippen molar-refractivity contribution in [1.82, 2.24) is 15.5 Å². The van der Waals surface area contributed by atoms with Crippen LogP contribution in [0.5, 0.6) is 0 Å². The smallest absolute Gasteiger partial charge is 0.191 e. The summed E-state index contributed by atoms with van der Waals surface area (Å²) in [5.41, 5.74) is 0.639. The minimum absolute atomic E-state index is 0. The fourth-order valence-corrected chi connectivity index (χ4v) is 3.78. The predicted octanol–water partition coefficient (Wildman–Crippen LogP) is 3.24. The van der Waals surface area contributed by atoms with Crippen molar-refractivity contribution in [3.8, 4) is 0 Å². The van der Waals surface area contributed by atoms with Gasteiger partial charge in [0.1, 0.15) is 0 Å². The number of halogens is 1. The van der Waals surface area contributed by atoms with Crippen LogP contribution in [0.1, 0.15) is 59.3 Å². The zero-order valence-electron chi connectivity index (χ0n) is 16.9. The monoisotopic (exact) mass is 466 g/mol. The molecule has 2 rings (SSSR count). The first-order chi connectivity index (χ1) is 11.4. The number of nitrogens with one attached hydrogen (secondary N) is 2. The molecule has 1 heterocycles. The molecule has 1 aliphatic carbocycles. The number of hydrogen-bond donors (Lipinski definition) is 2. The number of guanidine groups is 1. The fourth-order valence-electron chi connectivity index (χ4n) is 3.78. The maximum absolute atomic E-state index is 5.56. The summed E-state index contributed by atoms with van der Waals surface area (Å²) < 4.78 is 5.56. The van der Waals surface area contributed by atoms with Crippen molar-refractivity contribution >= 4 is 29.9 Å². The van der Waals surface area contributed by atoms with Gasteiger partial charge in [0.05, 0.1) is 6.54 Å². The highest BCUT2D eigenvalue weighted by Crippen LogP contribution is 2.35. The van der Waals surface area contributed by atoms with Gasteiger partial charge in [-0.1, -0.05) is 13.8 Å². The summed E-state index contributed by atoms with van der Waals surface area (Å²) in [6, 6.07) is 0.556. The number of hydrogen-bond acceptors (Lipinski definition) is 3. The number of rotatable bonds is 5. The largest absolute Gasteiger partial charge is 0.381 e. The van der Waals surface area contributed by atoms with Crippen LogP contribution < -0.4 is 10.6 Å². The van der Waals surface area contributed by atoms with E-state index in [1.165, 1.54) is 25.7 Å². The summed E-state index contributed by atoms with van der Waals surface area (Å²) in [6.45, 7) is 10.3. The molecule has 0 bridgehead atoms. The summed E-state index contributed by atoms with van der Waals surface area (Å²) in [6.07, 6.45) is 7.18. The molecule has 0 atom stereocenters. The summed E-state index contributed by atoms with van der Waals surface area (Å²) in [7, 11) is 4.34. The van der Waals surface area contributed by atoms with E-state index in [0.717, 1.165) is 45.1 Å². The minimum Gasteiger partial charge on any atom is -0.381 e. The Kier molecular flexibility index (Phi) is 9.46. The second-order valence-electron chi connectivity index (χ2n) is 8.51. The lowest BCUT2D eigenvalue weighted by atomic mass is 9.75. The molecule has 0 aromatic rings. The van der Waals surface area contributed by atoms with Crippen molar-refractivity contribution in [2.75, 3.05) is 40.4 Å². The number of likely N-dealkylation sites (N-methyl/N-ethyl adjacent to an activating group) is 1. The van der Waals surface area contributed by atoms with E-state index in [1.807, 2.05) is 0 Å². The quantitative estimate of drug-likeness (QED) is 0.371. The van der Waals surface area contributed by atoms with Crippen LogP contribution in [0.4, 0.5) is 0 Å². The minimum atomic E-state index is 0. The SMILES string of the molecule is CCNC(=NCC1(N(C)C)CCOCC1)NC1CCC(C)(C)CC1.I. The third kappa shape index (κ3) is 6.86. The van der Waals surface area contributed by atoms with Gasteiger partial charge in [-0.3, -0.25) is 4.99 Å². The van der Waals surface area contributed by atoms with Gasteiger partial charge in [0.15, 0.2) is 5.96 Å². The summed E-state index contributed by atoms with van der Waals surface area (Å²) in [5.74, 6) is 0.981. The van der Waals surface area contributed by atoms with Crippen LogP contribution >= 0.6 is 24.0 Å². The Morgan fingerprint density at radius 2 is 1.72 bits per heavy atom. The van der Waals surface area contributed by atoms with Gasteiger partial charge in [0.2, 0.25) is 0 Å². The second kappa shape index (κ2) is 10.3. The molecule has 1 saturated heterocycles. The molecular formula is C19H39IN4O. The predicted molar refractivity (Wildman–Crippen MR) is 117 cm³/mol. The van der Waals surface area contributed by atoms with E-state index in [4.69, 9.17) is 9.73 Å². The highest BCUT2D eigenvalue weighted by molar-refractivity contribution is 14.0. The van der Waals surface area contributed by atoms with Gasteiger partial charge < -0.3 is 20.3 Å². The molecule has 2 fully saturated rings. The Bertz CT molecular complexity index is 410. The molecule has 2 aliphatic rings. The molecular weight excluding hydrogens is 427 g/mol. The molecule has 6 heteroatoms. The zero-order valence-corrected chi connectivity index (χ0v) is 19.2. The normalized spacial score (nSPS) is 23.8. The number of aliphatic imine (C=N–C) groups is 1. The van der Waals surface area contributed by atoms with Crippen LogP contribution in [0.15, 0.2) is 4.99 Å².